The summed E-state index contributed by atoms with van der Waals surface area (Å²) in [4.78, 5) is 28.6. The van der Waals surface area contributed by atoms with Gasteiger partial charge >= 0.3 is 0 Å². The number of nitrogens with one attached hydrogen (secondary N) is 2. The summed E-state index contributed by atoms with van der Waals surface area (Å²) in [5.74, 6) is -0.0832. The van der Waals surface area contributed by atoms with Gasteiger partial charge in [-0.2, -0.15) is 0 Å². The molecule has 2 N–H and O–H groups in total. The molecule has 35 heavy (non-hydrogen) atoms. The zero-order valence-electron chi connectivity index (χ0n) is 21.8. The standard InChI is InChI=1S/C28H42N4O3/c1-28(2,3)19-30-26(33)20-14-21(16-29-15-20)27(34)32(23-10-11-23)18-22-17-31(12-7-13-35-4)25-9-6-5-8-24(22)25/h5-6,8-9,17,20-21,23,29H,7,10-16,18-19H2,1-4H3,(H,30,33)/t20-,21+/m0/s1. The highest BCUT2D eigenvalue weighted by atomic mass is 16.5. The van der Waals surface area contributed by atoms with Crippen molar-refractivity contribution in [2.75, 3.05) is 33.4 Å². The van der Waals surface area contributed by atoms with Crippen molar-refractivity contribution >= 4 is 22.7 Å². The molecule has 2 aliphatic rings. The lowest BCUT2D eigenvalue weighted by molar-refractivity contribution is -0.138. The van der Waals surface area contributed by atoms with Crippen LogP contribution in [0, 0.1) is 17.3 Å². The number of carbonyl (C=O) groups excluding carboxylic acids is 2. The summed E-state index contributed by atoms with van der Waals surface area (Å²) < 4.78 is 7.53. The van der Waals surface area contributed by atoms with Gasteiger partial charge < -0.3 is 24.8 Å². The van der Waals surface area contributed by atoms with Gasteiger partial charge in [-0.3, -0.25) is 9.59 Å². The van der Waals surface area contributed by atoms with Gasteiger partial charge in [0.1, 0.15) is 0 Å². The molecule has 1 aliphatic carbocycles. The summed E-state index contributed by atoms with van der Waals surface area (Å²) in [6.07, 6.45) is 5.91. The summed E-state index contributed by atoms with van der Waals surface area (Å²) in [5, 5.41) is 7.66. The van der Waals surface area contributed by atoms with Crippen LogP contribution in [0.2, 0.25) is 0 Å². The van der Waals surface area contributed by atoms with E-state index in [0.29, 0.717) is 38.6 Å². The Kier molecular flexibility index (Phi) is 8.17. The number of amides is 2. The number of hydrogen-bond acceptors (Lipinski definition) is 4. The van der Waals surface area contributed by atoms with Crippen LogP contribution in [-0.4, -0.2) is 60.7 Å². The highest BCUT2D eigenvalue weighted by molar-refractivity contribution is 5.86. The third-order valence-electron chi connectivity index (χ3n) is 7.09. The molecule has 1 saturated carbocycles. The summed E-state index contributed by atoms with van der Waals surface area (Å²) in [6, 6.07) is 8.76. The van der Waals surface area contributed by atoms with E-state index in [1.807, 2.05) is 0 Å². The third-order valence-corrected chi connectivity index (χ3v) is 7.09. The monoisotopic (exact) mass is 482 g/mol. The highest BCUT2D eigenvalue weighted by Crippen LogP contribution is 2.33. The van der Waals surface area contributed by atoms with Crippen molar-refractivity contribution in [3.05, 3.63) is 36.0 Å². The third kappa shape index (κ3) is 6.64. The average Bonchev–Trinajstić information content (AvgIpc) is 3.63. The number of carbonyl (C=O) groups is 2. The van der Waals surface area contributed by atoms with Crippen LogP contribution in [0.4, 0.5) is 0 Å². The maximum absolute atomic E-state index is 13.8. The van der Waals surface area contributed by atoms with Crippen molar-refractivity contribution in [3.63, 3.8) is 0 Å². The van der Waals surface area contributed by atoms with E-state index in [9.17, 15) is 9.59 Å². The fraction of sp³-hybridized carbons (Fsp3) is 0.643. The van der Waals surface area contributed by atoms with Gasteiger partial charge in [-0.15, -0.1) is 0 Å². The number of rotatable bonds is 10. The topological polar surface area (TPSA) is 75.6 Å². The first-order valence-corrected chi connectivity index (χ1v) is 13.1. The van der Waals surface area contributed by atoms with E-state index < -0.39 is 0 Å². The second-order valence-corrected chi connectivity index (χ2v) is 11.5. The normalized spacial score (nSPS) is 20.7. The molecule has 1 aliphatic heterocycles. The Bertz CT molecular complexity index is 1020. The van der Waals surface area contributed by atoms with Crippen LogP contribution in [0.15, 0.2) is 30.5 Å². The number of aryl methyl sites for hydroxylation is 1. The van der Waals surface area contributed by atoms with Crippen molar-refractivity contribution in [3.8, 4) is 0 Å². The number of hydrogen-bond donors (Lipinski definition) is 2. The van der Waals surface area contributed by atoms with Crippen molar-refractivity contribution in [1.82, 2.24) is 20.1 Å². The first-order chi connectivity index (χ1) is 16.8. The largest absolute Gasteiger partial charge is 0.385 e. The van der Waals surface area contributed by atoms with Gasteiger partial charge in [0.05, 0.1) is 11.8 Å². The Morgan fingerprint density at radius 3 is 2.63 bits per heavy atom. The molecule has 192 valence electrons. The van der Waals surface area contributed by atoms with Gasteiger partial charge in [-0.25, -0.2) is 0 Å². The molecule has 2 atom stereocenters. The van der Waals surface area contributed by atoms with Crippen LogP contribution >= 0.6 is 0 Å². The van der Waals surface area contributed by atoms with Crippen molar-refractivity contribution < 1.29 is 14.3 Å². The Morgan fingerprint density at radius 1 is 1.17 bits per heavy atom. The average molecular weight is 483 g/mol. The Hall–Kier alpha value is -2.38. The Balaban J connectivity index is 1.46. The van der Waals surface area contributed by atoms with Crippen molar-refractivity contribution in [2.24, 2.45) is 17.3 Å². The summed E-state index contributed by atoms with van der Waals surface area (Å²) in [7, 11) is 1.73. The number of nitrogens with zero attached hydrogens (tertiary/aromatic N) is 2. The second-order valence-electron chi connectivity index (χ2n) is 11.5. The number of piperidine rings is 1. The van der Waals surface area contributed by atoms with E-state index in [1.54, 1.807) is 7.11 Å². The van der Waals surface area contributed by atoms with Gasteiger partial charge in [0.2, 0.25) is 11.8 Å². The predicted octanol–water partition coefficient (Wildman–Crippen LogP) is 3.56. The molecule has 0 bridgehead atoms. The number of aromatic nitrogens is 1. The van der Waals surface area contributed by atoms with Gasteiger partial charge in [-0.1, -0.05) is 39.0 Å². The van der Waals surface area contributed by atoms with E-state index in [1.165, 1.54) is 16.5 Å². The molecule has 4 rings (SSSR count). The fourth-order valence-corrected chi connectivity index (χ4v) is 5.03. The molecule has 0 spiro atoms. The summed E-state index contributed by atoms with van der Waals surface area (Å²) in [5.41, 5.74) is 2.44. The van der Waals surface area contributed by atoms with Gasteiger partial charge in [0.25, 0.3) is 0 Å². The van der Waals surface area contributed by atoms with Crippen LogP contribution in [0.5, 0.6) is 0 Å². The number of methoxy groups -OCH3 is 1. The smallest absolute Gasteiger partial charge is 0.227 e. The van der Waals surface area contributed by atoms with Crippen LogP contribution < -0.4 is 10.6 Å². The lowest BCUT2D eigenvalue weighted by atomic mass is 9.88. The molecule has 1 saturated heterocycles. The van der Waals surface area contributed by atoms with Gasteiger partial charge in [0, 0.05) is 69.6 Å². The minimum atomic E-state index is -0.163. The maximum Gasteiger partial charge on any atom is 0.227 e. The van der Waals surface area contributed by atoms with Crippen LogP contribution in [0.25, 0.3) is 10.9 Å². The van der Waals surface area contributed by atoms with Crippen LogP contribution in [-0.2, 0) is 27.4 Å². The maximum atomic E-state index is 13.8. The lowest BCUT2D eigenvalue weighted by Gasteiger charge is -2.33. The number of ether oxygens (including phenoxy) is 1. The number of para-hydroxylation sites is 1. The zero-order chi connectivity index (χ0) is 25.0. The molecule has 2 fully saturated rings. The van der Waals surface area contributed by atoms with Crippen molar-refractivity contribution in [2.45, 2.75) is 65.6 Å². The molecular formula is C28H42N4O3. The van der Waals surface area contributed by atoms with Crippen LogP contribution in [0.1, 0.15) is 52.0 Å². The highest BCUT2D eigenvalue weighted by Gasteiger charge is 2.39. The number of fused-ring (bicyclic) bond motifs is 1. The molecular weight excluding hydrogens is 440 g/mol. The SMILES string of the molecule is COCCCn1cc(CN(C(=O)[C@H]2CNC[C@@H](C(=O)NCC(C)(C)C)C2)C2CC2)c2ccccc21. The molecule has 2 amide bonds. The fourth-order valence-electron chi connectivity index (χ4n) is 5.03. The lowest BCUT2D eigenvalue weighted by Crippen LogP contribution is -2.50. The molecule has 1 aromatic heterocycles. The summed E-state index contributed by atoms with van der Waals surface area (Å²) in [6.45, 7) is 10.5. The Labute approximate surface area is 209 Å². The molecule has 7 nitrogen and oxygen atoms in total. The second kappa shape index (κ2) is 11.1. The summed E-state index contributed by atoms with van der Waals surface area (Å²) >= 11 is 0. The number of benzene rings is 1. The molecule has 2 aromatic rings. The first-order valence-electron chi connectivity index (χ1n) is 13.1. The predicted molar refractivity (Wildman–Crippen MR) is 139 cm³/mol. The van der Waals surface area contributed by atoms with E-state index in [-0.39, 0.29) is 29.1 Å². The minimum absolute atomic E-state index is 0.0402. The Morgan fingerprint density at radius 2 is 1.91 bits per heavy atom. The quantitative estimate of drug-likeness (QED) is 0.508. The van der Waals surface area contributed by atoms with E-state index in [4.69, 9.17) is 4.74 Å². The van der Waals surface area contributed by atoms with Gasteiger partial charge in [-0.05, 0) is 42.7 Å². The van der Waals surface area contributed by atoms with Crippen molar-refractivity contribution in [1.29, 1.82) is 0 Å². The first kappa shape index (κ1) is 25.7. The molecule has 1 aromatic carbocycles. The minimum Gasteiger partial charge on any atom is -0.385 e. The van der Waals surface area contributed by atoms with E-state index in [0.717, 1.165) is 32.4 Å². The van der Waals surface area contributed by atoms with Crippen LogP contribution in [0.3, 0.4) is 0 Å². The zero-order valence-corrected chi connectivity index (χ0v) is 21.8. The van der Waals surface area contributed by atoms with E-state index >= 15 is 0 Å². The molecule has 0 unspecified atom stereocenters. The van der Waals surface area contributed by atoms with E-state index in [2.05, 4.69) is 71.3 Å². The van der Waals surface area contributed by atoms with Gasteiger partial charge in [0.15, 0.2) is 0 Å². The molecule has 7 heteroatoms. The molecule has 2 heterocycles. The molecule has 0 radical (unpaired) electrons.